The minimum Gasteiger partial charge on any atom is -0.494 e. The smallest absolute Gasteiger partial charge is 0.270 e. The lowest BCUT2D eigenvalue weighted by molar-refractivity contribution is -0.384. The molecular formula is C21H25ClN4O4S. The predicted octanol–water partition coefficient (Wildman–Crippen LogP) is 4.54. The first-order valence-corrected chi connectivity index (χ1v) is 10.3. The topological polar surface area (TPSA) is 88.8 Å². The number of benzene rings is 2. The minimum absolute atomic E-state index is 0. The molecule has 1 amide bonds. The molecule has 1 heterocycles. The second-order valence-corrected chi connectivity index (χ2v) is 8.16. The van der Waals surface area contributed by atoms with Gasteiger partial charge in [0.05, 0.1) is 16.7 Å². The van der Waals surface area contributed by atoms with Gasteiger partial charge in [-0.3, -0.25) is 19.8 Å². The van der Waals surface area contributed by atoms with Crippen molar-refractivity contribution in [3.8, 4) is 5.75 Å². The van der Waals surface area contributed by atoms with Crippen LogP contribution in [0.25, 0.3) is 10.2 Å². The molecule has 3 aromatic rings. The number of thiazole rings is 1. The van der Waals surface area contributed by atoms with Crippen LogP contribution in [-0.2, 0) is 0 Å². The monoisotopic (exact) mass is 464 g/mol. The average molecular weight is 465 g/mol. The van der Waals surface area contributed by atoms with Crippen LogP contribution in [0.3, 0.4) is 0 Å². The van der Waals surface area contributed by atoms with Crippen molar-refractivity contribution in [1.29, 1.82) is 0 Å². The van der Waals surface area contributed by atoms with E-state index < -0.39 is 4.92 Å². The fourth-order valence-electron chi connectivity index (χ4n) is 3.12. The number of rotatable bonds is 8. The molecule has 3 rings (SSSR count). The van der Waals surface area contributed by atoms with Crippen LogP contribution in [0.1, 0.15) is 22.3 Å². The second kappa shape index (κ2) is 10.5. The molecule has 0 saturated heterocycles. The van der Waals surface area contributed by atoms with Gasteiger partial charge in [-0.25, -0.2) is 4.98 Å². The maximum absolute atomic E-state index is 13.3. The Hall–Kier alpha value is -2.75. The van der Waals surface area contributed by atoms with Gasteiger partial charge in [0.25, 0.3) is 11.6 Å². The van der Waals surface area contributed by atoms with Gasteiger partial charge < -0.3 is 9.64 Å². The third kappa shape index (κ3) is 5.49. The summed E-state index contributed by atoms with van der Waals surface area (Å²) >= 11 is 1.42. The Kier molecular flexibility index (Phi) is 8.32. The number of amides is 1. The van der Waals surface area contributed by atoms with E-state index in [-0.39, 0.29) is 29.6 Å². The van der Waals surface area contributed by atoms with Crippen molar-refractivity contribution in [3.63, 3.8) is 0 Å². The maximum atomic E-state index is 13.3. The van der Waals surface area contributed by atoms with Crippen LogP contribution in [0.4, 0.5) is 10.8 Å². The number of fused-ring (bicyclic) bond motifs is 1. The largest absolute Gasteiger partial charge is 0.494 e. The molecule has 0 unspecified atom stereocenters. The predicted molar refractivity (Wildman–Crippen MR) is 126 cm³/mol. The number of aryl methyl sites for hydroxylation is 1. The molecule has 0 N–H and O–H groups in total. The van der Waals surface area contributed by atoms with E-state index in [0.29, 0.717) is 22.9 Å². The van der Waals surface area contributed by atoms with E-state index >= 15 is 0 Å². The molecule has 0 aliphatic heterocycles. The Morgan fingerprint density at radius 3 is 2.61 bits per heavy atom. The number of non-ortho nitro benzene ring substituents is 1. The van der Waals surface area contributed by atoms with Crippen molar-refractivity contribution in [2.24, 2.45) is 0 Å². The molecule has 0 saturated carbocycles. The van der Waals surface area contributed by atoms with E-state index in [1.54, 1.807) is 18.1 Å². The zero-order valence-electron chi connectivity index (χ0n) is 17.8. The zero-order valence-corrected chi connectivity index (χ0v) is 19.5. The lowest BCUT2D eigenvalue weighted by atomic mass is 10.1. The molecule has 8 nitrogen and oxygen atoms in total. The van der Waals surface area contributed by atoms with Gasteiger partial charge in [0.2, 0.25) is 0 Å². The van der Waals surface area contributed by atoms with E-state index in [2.05, 4.69) is 0 Å². The number of nitro benzene ring substituents is 1. The van der Waals surface area contributed by atoms with Gasteiger partial charge in [-0.2, -0.15) is 0 Å². The van der Waals surface area contributed by atoms with Gasteiger partial charge >= 0.3 is 0 Å². The molecule has 0 fully saturated rings. The van der Waals surface area contributed by atoms with Gasteiger partial charge in [-0.05, 0) is 51.7 Å². The fraction of sp³-hybridized carbons (Fsp3) is 0.333. The first kappa shape index (κ1) is 24.5. The fourth-order valence-corrected chi connectivity index (χ4v) is 4.19. The summed E-state index contributed by atoms with van der Waals surface area (Å²) in [6.07, 6.45) is 0.736. The van der Waals surface area contributed by atoms with Crippen LogP contribution in [0, 0.1) is 17.0 Å². The zero-order chi connectivity index (χ0) is 21.8. The van der Waals surface area contributed by atoms with Crippen LogP contribution in [-0.4, -0.2) is 55.0 Å². The summed E-state index contributed by atoms with van der Waals surface area (Å²) in [6.45, 7) is 3.23. The molecule has 10 heteroatoms. The van der Waals surface area contributed by atoms with Crippen molar-refractivity contribution < 1.29 is 14.5 Å². The van der Waals surface area contributed by atoms with Crippen LogP contribution >= 0.6 is 23.7 Å². The highest BCUT2D eigenvalue weighted by atomic mass is 35.5. The van der Waals surface area contributed by atoms with E-state index in [0.717, 1.165) is 23.2 Å². The second-order valence-electron chi connectivity index (χ2n) is 7.18. The molecule has 31 heavy (non-hydrogen) atoms. The van der Waals surface area contributed by atoms with Crippen molar-refractivity contribution in [2.75, 3.05) is 39.2 Å². The van der Waals surface area contributed by atoms with Gasteiger partial charge in [-0.15, -0.1) is 12.4 Å². The third-order valence-electron chi connectivity index (χ3n) is 4.68. The van der Waals surface area contributed by atoms with Gasteiger partial charge in [0, 0.05) is 24.2 Å². The highest BCUT2D eigenvalue weighted by molar-refractivity contribution is 7.22. The van der Waals surface area contributed by atoms with E-state index in [1.165, 1.54) is 29.5 Å². The van der Waals surface area contributed by atoms with Crippen molar-refractivity contribution in [1.82, 2.24) is 9.88 Å². The highest BCUT2D eigenvalue weighted by Gasteiger charge is 2.24. The molecule has 2 aromatic carbocycles. The van der Waals surface area contributed by atoms with Gasteiger partial charge in [-0.1, -0.05) is 23.5 Å². The number of nitrogens with zero attached hydrogens (tertiary/aromatic N) is 4. The van der Waals surface area contributed by atoms with E-state index in [1.807, 2.05) is 38.1 Å². The number of anilines is 1. The summed E-state index contributed by atoms with van der Waals surface area (Å²) in [5.74, 6) is 0.335. The van der Waals surface area contributed by atoms with Crippen LogP contribution in [0.2, 0.25) is 0 Å². The molecule has 0 aliphatic carbocycles. The number of halogens is 1. The molecular weight excluding hydrogens is 440 g/mol. The number of carbonyl (C=O) groups is 1. The van der Waals surface area contributed by atoms with Crippen molar-refractivity contribution in [3.05, 3.63) is 57.6 Å². The maximum Gasteiger partial charge on any atom is 0.270 e. The molecule has 166 valence electrons. The molecule has 0 spiro atoms. The Bertz CT molecular complexity index is 1090. The molecule has 0 radical (unpaired) electrons. The number of hydrogen-bond acceptors (Lipinski definition) is 7. The Morgan fingerprint density at radius 2 is 1.97 bits per heavy atom. The van der Waals surface area contributed by atoms with E-state index in [9.17, 15) is 14.9 Å². The number of carbonyl (C=O) groups excluding carboxylic acids is 1. The quantitative estimate of drug-likeness (QED) is 0.359. The Balaban J connectivity index is 0.00000341. The number of ether oxygens (including phenoxy) is 1. The lowest BCUT2D eigenvalue weighted by Crippen LogP contribution is -2.33. The number of methoxy groups -OCH3 is 1. The van der Waals surface area contributed by atoms with Crippen molar-refractivity contribution >= 4 is 50.7 Å². The summed E-state index contributed by atoms with van der Waals surface area (Å²) in [6, 6.07) is 9.61. The van der Waals surface area contributed by atoms with E-state index in [4.69, 9.17) is 9.72 Å². The van der Waals surface area contributed by atoms with Crippen molar-refractivity contribution in [2.45, 2.75) is 13.3 Å². The number of aromatic nitrogens is 1. The number of hydrogen-bond donors (Lipinski definition) is 0. The first-order chi connectivity index (χ1) is 14.3. The Labute approximate surface area is 191 Å². The standard InChI is InChI=1S/C21H24N4O4S.ClH/c1-14-9-10-17(29-4)18-19(14)30-21(22-18)24(12-6-11-23(2)3)20(26)15-7-5-8-16(13-15)25(27)28;/h5,7-10,13H,6,11-12H2,1-4H3;1H. The first-order valence-electron chi connectivity index (χ1n) is 9.47. The highest BCUT2D eigenvalue weighted by Crippen LogP contribution is 2.37. The summed E-state index contributed by atoms with van der Waals surface area (Å²) < 4.78 is 6.39. The summed E-state index contributed by atoms with van der Waals surface area (Å²) in [5.41, 5.74) is 1.90. The molecule has 0 atom stereocenters. The van der Waals surface area contributed by atoms with Crippen LogP contribution < -0.4 is 9.64 Å². The number of nitro groups is 1. The molecule has 0 bridgehead atoms. The molecule has 0 aliphatic rings. The van der Waals surface area contributed by atoms with Gasteiger partial charge in [0.1, 0.15) is 11.3 Å². The van der Waals surface area contributed by atoms with Crippen LogP contribution in [0.15, 0.2) is 36.4 Å². The Morgan fingerprint density at radius 1 is 1.23 bits per heavy atom. The van der Waals surface area contributed by atoms with Crippen LogP contribution in [0.5, 0.6) is 5.75 Å². The summed E-state index contributed by atoms with van der Waals surface area (Å²) in [7, 11) is 5.53. The normalized spacial score (nSPS) is 10.7. The summed E-state index contributed by atoms with van der Waals surface area (Å²) in [4.78, 5) is 32.3. The SMILES string of the molecule is COc1ccc(C)c2sc(N(CCCN(C)C)C(=O)c3cccc([N+](=O)[O-])c3)nc12.Cl. The lowest BCUT2D eigenvalue weighted by Gasteiger charge is -2.21. The average Bonchev–Trinajstić information content (AvgIpc) is 3.17. The van der Waals surface area contributed by atoms with Gasteiger partial charge in [0.15, 0.2) is 5.13 Å². The minimum atomic E-state index is -0.501. The third-order valence-corrected chi connectivity index (χ3v) is 5.89. The summed E-state index contributed by atoms with van der Waals surface area (Å²) in [5, 5.41) is 11.7. The molecule has 1 aromatic heterocycles.